The lowest BCUT2D eigenvalue weighted by Gasteiger charge is -2.08. The van der Waals surface area contributed by atoms with Crippen LogP contribution in [0.4, 0.5) is 5.82 Å². The zero-order valence-electron chi connectivity index (χ0n) is 10.2. The Morgan fingerprint density at radius 2 is 2.12 bits per heavy atom. The minimum absolute atomic E-state index is 0.648. The molecule has 16 heavy (non-hydrogen) atoms. The molecule has 1 aromatic rings. The summed E-state index contributed by atoms with van der Waals surface area (Å²) < 4.78 is 2.10. The second kappa shape index (κ2) is 5.13. The molecule has 2 N–H and O–H groups in total. The molecule has 0 atom stereocenters. The summed E-state index contributed by atoms with van der Waals surface area (Å²) in [6, 6.07) is 0. The van der Waals surface area contributed by atoms with Crippen LogP contribution in [0.15, 0.2) is 0 Å². The van der Waals surface area contributed by atoms with Gasteiger partial charge in [-0.25, -0.2) is 4.98 Å². The molecule has 0 aliphatic heterocycles. The van der Waals surface area contributed by atoms with Crippen molar-refractivity contribution in [1.29, 1.82) is 0 Å². The van der Waals surface area contributed by atoms with Crippen molar-refractivity contribution in [1.82, 2.24) is 9.55 Å². The van der Waals surface area contributed by atoms with Crippen molar-refractivity contribution in [3.05, 3.63) is 11.5 Å². The zero-order chi connectivity index (χ0) is 11.5. The van der Waals surface area contributed by atoms with Gasteiger partial charge in [0, 0.05) is 19.4 Å². The van der Waals surface area contributed by atoms with Crippen LogP contribution in [0.25, 0.3) is 0 Å². The van der Waals surface area contributed by atoms with Gasteiger partial charge in [0.05, 0.1) is 5.69 Å². The molecule has 0 amide bonds. The fraction of sp³-hybridized carbons (Fsp3) is 0.750. The van der Waals surface area contributed by atoms with Gasteiger partial charge in [-0.15, -0.1) is 0 Å². The van der Waals surface area contributed by atoms with Crippen LogP contribution in [0.1, 0.15) is 43.1 Å². The normalized spacial score (nSPS) is 17.1. The number of anilines is 1. The van der Waals surface area contributed by atoms with E-state index >= 15 is 0 Å². The summed E-state index contributed by atoms with van der Waals surface area (Å²) in [5.74, 6) is 3.84. The van der Waals surface area contributed by atoms with Crippen LogP contribution in [0, 0.1) is 0 Å². The summed E-state index contributed by atoms with van der Waals surface area (Å²) in [6.45, 7) is 0. The molecule has 4 heteroatoms. The second-order valence-corrected chi connectivity index (χ2v) is 5.57. The Bertz CT molecular complexity index is 353. The number of rotatable bonds is 4. The van der Waals surface area contributed by atoms with Crippen molar-refractivity contribution >= 4 is 17.6 Å². The van der Waals surface area contributed by atoms with Gasteiger partial charge in [0.25, 0.3) is 0 Å². The molecule has 3 nitrogen and oxygen atoms in total. The number of nitrogens with zero attached hydrogens (tertiary/aromatic N) is 2. The highest BCUT2D eigenvalue weighted by Crippen LogP contribution is 2.34. The Labute approximate surface area is 102 Å². The summed E-state index contributed by atoms with van der Waals surface area (Å²) >= 11 is 1.85. The lowest BCUT2D eigenvalue weighted by Crippen LogP contribution is -2.05. The smallest absolute Gasteiger partial charge is 0.126 e. The molecular weight excluding hydrogens is 218 g/mol. The summed E-state index contributed by atoms with van der Waals surface area (Å²) in [5, 5.41) is 0. The van der Waals surface area contributed by atoms with Gasteiger partial charge in [-0.1, -0.05) is 12.8 Å². The third kappa shape index (κ3) is 2.21. The zero-order valence-corrected chi connectivity index (χ0v) is 11.0. The van der Waals surface area contributed by atoms with Crippen LogP contribution in [0.5, 0.6) is 0 Å². The van der Waals surface area contributed by atoms with E-state index in [2.05, 4.69) is 17.9 Å². The Morgan fingerprint density at radius 3 is 2.75 bits per heavy atom. The number of imidazole rings is 1. The van der Waals surface area contributed by atoms with Gasteiger partial charge >= 0.3 is 0 Å². The molecule has 2 rings (SSSR count). The predicted octanol–water partition coefficient (Wildman–Crippen LogP) is 2.57. The molecule has 0 saturated heterocycles. The van der Waals surface area contributed by atoms with E-state index in [9.17, 15) is 0 Å². The molecule has 1 aliphatic carbocycles. The molecule has 0 bridgehead atoms. The van der Waals surface area contributed by atoms with E-state index in [-0.39, 0.29) is 0 Å². The Kier molecular flexibility index (Phi) is 3.79. The number of nitrogen functional groups attached to an aromatic ring is 1. The number of aryl methyl sites for hydroxylation is 1. The third-order valence-corrected chi connectivity index (χ3v) is 4.13. The molecule has 1 fully saturated rings. The standard InChI is InChI=1S/C12H21N3S/c1-15-11(13)10(7-8-16-2)14-12(15)9-5-3-4-6-9/h9H,3-8,13H2,1-2H3. The van der Waals surface area contributed by atoms with Gasteiger partial charge in [0.2, 0.25) is 0 Å². The second-order valence-electron chi connectivity index (χ2n) is 4.59. The van der Waals surface area contributed by atoms with E-state index in [0.29, 0.717) is 5.92 Å². The fourth-order valence-corrected chi connectivity index (χ4v) is 2.92. The van der Waals surface area contributed by atoms with Crippen LogP contribution in [0.2, 0.25) is 0 Å². The highest BCUT2D eigenvalue weighted by atomic mass is 32.2. The third-order valence-electron chi connectivity index (χ3n) is 3.51. The quantitative estimate of drug-likeness (QED) is 0.878. The highest BCUT2D eigenvalue weighted by Gasteiger charge is 2.23. The molecule has 1 heterocycles. The molecule has 1 aliphatic rings. The topological polar surface area (TPSA) is 43.8 Å². The van der Waals surface area contributed by atoms with Gasteiger partial charge in [-0.3, -0.25) is 0 Å². The Hall–Kier alpha value is -0.640. The maximum atomic E-state index is 6.10. The first kappa shape index (κ1) is 11.8. The van der Waals surface area contributed by atoms with E-state index in [1.807, 2.05) is 11.8 Å². The largest absolute Gasteiger partial charge is 0.384 e. The summed E-state index contributed by atoms with van der Waals surface area (Å²) in [5.41, 5.74) is 7.20. The predicted molar refractivity (Wildman–Crippen MR) is 70.9 cm³/mol. The average molecular weight is 239 g/mol. The Morgan fingerprint density at radius 1 is 1.44 bits per heavy atom. The van der Waals surface area contributed by atoms with E-state index in [1.165, 1.54) is 31.5 Å². The lowest BCUT2D eigenvalue weighted by molar-refractivity contribution is 0.634. The van der Waals surface area contributed by atoms with Crippen LogP contribution in [0.3, 0.4) is 0 Å². The van der Waals surface area contributed by atoms with Crippen molar-refractivity contribution in [2.24, 2.45) is 7.05 Å². The first-order valence-corrected chi connectivity index (χ1v) is 7.43. The van der Waals surface area contributed by atoms with E-state index in [1.54, 1.807) is 0 Å². The summed E-state index contributed by atoms with van der Waals surface area (Å²) in [7, 11) is 2.05. The van der Waals surface area contributed by atoms with Crippen LogP contribution >= 0.6 is 11.8 Å². The molecule has 0 aromatic carbocycles. The van der Waals surface area contributed by atoms with Crippen molar-refractivity contribution in [2.45, 2.75) is 38.0 Å². The van der Waals surface area contributed by atoms with Crippen molar-refractivity contribution < 1.29 is 0 Å². The molecular formula is C12H21N3S. The maximum Gasteiger partial charge on any atom is 0.126 e. The number of hydrogen-bond donors (Lipinski definition) is 1. The average Bonchev–Trinajstić information content (AvgIpc) is 2.88. The maximum absolute atomic E-state index is 6.10. The summed E-state index contributed by atoms with van der Waals surface area (Å²) in [4.78, 5) is 4.75. The van der Waals surface area contributed by atoms with E-state index < -0.39 is 0 Å². The first-order valence-electron chi connectivity index (χ1n) is 6.04. The minimum Gasteiger partial charge on any atom is -0.384 e. The SMILES string of the molecule is CSCCc1nc(C2CCCC2)n(C)c1N. The molecule has 90 valence electrons. The molecule has 0 radical (unpaired) electrons. The first-order chi connectivity index (χ1) is 7.74. The number of thioether (sulfide) groups is 1. The van der Waals surface area contributed by atoms with Crippen molar-refractivity contribution in [2.75, 3.05) is 17.7 Å². The lowest BCUT2D eigenvalue weighted by atomic mass is 10.1. The van der Waals surface area contributed by atoms with Gasteiger partial charge in [-0.05, 0) is 24.9 Å². The van der Waals surface area contributed by atoms with E-state index in [4.69, 9.17) is 10.7 Å². The van der Waals surface area contributed by atoms with Gasteiger partial charge < -0.3 is 10.3 Å². The highest BCUT2D eigenvalue weighted by molar-refractivity contribution is 7.98. The molecule has 1 aromatic heterocycles. The molecule has 0 spiro atoms. The van der Waals surface area contributed by atoms with Crippen molar-refractivity contribution in [3.8, 4) is 0 Å². The number of hydrogen-bond acceptors (Lipinski definition) is 3. The molecule has 0 unspecified atom stereocenters. The number of aromatic nitrogens is 2. The minimum atomic E-state index is 0.648. The van der Waals surface area contributed by atoms with Crippen LogP contribution < -0.4 is 5.73 Å². The summed E-state index contributed by atoms with van der Waals surface area (Å²) in [6.07, 6.45) is 8.37. The Balaban J connectivity index is 2.18. The van der Waals surface area contributed by atoms with Gasteiger partial charge in [0.15, 0.2) is 0 Å². The van der Waals surface area contributed by atoms with Crippen molar-refractivity contribution in [3.63, 3.8) is 0 Å². The monoisotopic (exact) mass is 239 g/mol. The number of nitrogens with two attached hydrogens (primary N) is 1. The van der Waals surface area contributed by atoms with Gasteiger partial charge in [-0.2, -0.15) is 11.8 Å². The van der Waals surface area contributed by atoms with Crippen LogP contribution in [-0.2, 0) is 13.5 Å². The fourth-order valence-electron chi connectivity index (χ4n) is 2.52. The van der Waals surface area contributed by atoms with E-state index in [0.717, 1.165) is 23.7 Å². The van der Waals surface area contributed by atoms with Gasteiger partial charge in [0.1, 0.15) is 11.6 Å². The van der Waals surface area contributed by atoms with Crippen LogP contribution in [-0.4, -0.2) is 21.6 Å². The molecule has 1 saturated carbocycles.